The summed E-state index contributed by atoms with van der Waals surface area (Å²) in [4.78, 5) is 0. The number of anilines is 1. The van der Waals surface area contributed by atoms with Crippen LogP contribution in [0.5, 0.6) is 0 Å². The van der Waals surface area contributed by atoms with Crippen LogP contribution in [0.15, 0.2) is 18.2 Å². The van der Waals surface area contributed by atoms with Gasteiger partial charge in [-0.3, -0.25) is 0 Å². The standard InChI is InChI=1S/C11H14N2/c1-2-13-9-4-5-10-8(7-9)3-6-11(10)12/h4-5,7,12-13H,2-3,6H2,1H3. The van der Waals surface area contributed by atoms with Crippen LogP contribution in [-0.4, -0.2) is 12.3 Å². The molecule has 13 heavy (non-hydrogen) atoms. The summed E-state index contributed by atoms with van der Waals surface area (Å²) in [7, 11) is 0. The van der Waals surface area contributed by atoms with E-state index in [0.29, 0.717) is 0 Å². The predicted octanol–water partition coefficient (Wildman–Crippen LogP) is 2.43. The highest BCUT2D eigenvalue weighted by Crippen LogP contribution is 2.24. The van der Waals surface area contributed by atoms with Gasteiger partial charge in [-0.15, -0.1) is 0 Å². The summed E-state index contributed by atoms with van der Waals surface area (Å²) in [5, 5.41) is 11.0. The molecule has 0 aliphatic heterocycles. The second-order valence-electron chi connectivity index (χ2n) is 3.38. The van der Waals surface area contributed by atoms with Crippen LogP contribution in [0.2, 0.25) is 0 Å². The SMILES string of the molecule is CCNc1ccc2c(c1)CCC2=N. The number of hydrogen-bond donors (Lipinski definition) is 2. The van der Waals surface area contributed by atoms with E-state index in [4.69, 9.17) is 5.41 Å². The number of hydrogen-bond acceptors (Lipinski definition) is 2. The number of rotatable bonds is 2. The van der Waals surface area contributed by atoms with Gasteiger partial charge in [0.15, 0.2) is 0 Å². The lowest BCUT2D eigenvalue weighted by Crippen LogP contribution is -1.98. The quantitative estimate of drug-likeness (QED) is 0.709. The van der Waals surface area contributed by atoms with Crippen LogP contribution in [0.1, 0.15) is 24.5 Å². The molecule has 0 spiro atoms. The van der Waals surface area contributed by atoms with Crippen molar-refractivity contribution >= 4 is 11.4 Å². The average molecular weight is 174 g/mol. The lowest BCUT2D eigenvalue weighted by Gasteiger charge is -2.05. The molecular formula is C11H14N2. The van der Waals surface area contributed by atoms with Crippen molar-refractivity contribution < 1.29 is 0 Å². The minimum atomic E-state index is 0.790. The molecule has 1 aliphatic carbocycles. The number of aryl methyl sites for hydroxylation is 1. The highest BCUT2D eigenvalue weighted by atomic mass is 14.8. The van der Waals surface area contributed by atoms with Crippen LogP contribution in [0.25, 0.3) is 0 Å². The van der Waals surface area contributed by atoms with Crippen molar-refractivity contribution in [2.75, 3.05) is 11.9 Å². The first-order valence-electron chi connectivity index (χ1n) is 4.76. The fraction of sp³-hybridized carbons (Fsp3) is 0.364. The van der Waals surface area contributed by atoms with Gasteiger partial charge < -0.3 is 10.7 Å². The van der Waals surface area contributed by atoms with E-state index in [0.717, 1.165) is 30.7 Å². The van der Waals surface area contributed by atoms with Crippen molar-refractivity contribution in [3.8, 4) is 0 Å². The number of nitrogens with one attached hydrogen (secondary N) is 2. The molecule has 0 atom stereocenters. The fourth-order valence-corrected chi connectivity index (χ4v) is 1.80. The summed E-state index contributed by atoms with van der Waals surface area (Å²) >= 11 is 0. The molecule has 0 aromatic heterocycles. The first-order chi connectivity index (χ1) is 6.31. The topological polar surface area (TPSA) is 35.9 Å². The molecule has 0 amide bonds. The highest BCUT2D eigenvalue weighted by molar-refractivity contribution is 6.02. The van der Waals surface area contributed by atoms with E-state index in [-0.39, 0.29) is 0 Å². The Morgan fingerprint density at radius 3 is 3.00 bits per heavy atom. The molecule has 2 nitrogen and oxygen atoms in total. The average Bonchev–Trinajstić information content (AvgIpc) is 2.48. The van der Waals surface area contributed by atoms with Crippen LogP contribution in [-0.2, 0) is 6.42 Å². The molecule has 1 aliphatic rings. The maximum atomic E-state index is 7.68. The Labute approximate surface area is 78.5 Å². The summed E-state index contributed by atoms with van der Waals surface area (Å²) in [6.07, 6.45) is 1.94. The molecule has 1 aromatic rings. The monoisotopic (exact) mass is 174 g/mol. The minimum Gasteiger partial charge on any atom is -0.385 e. The number of fused-ring (bicyclic) bond motifs is 1. The molecule has 0 saturated carbocycles. The van der Waals surface area contributed by atoms with E-state index in [2.05, 4.69) is 30.4 Å². The normalized spacial score (nSPS) is 14.4. The summed E-state index contributed by atoms with van der Waals surface area (Å²) in [5.74, 6) is 0. The van der Waals surface area contributed by atoms with Crippen LogP contribution in [0, 0.1) is 5.41 Å². The van der Waals surface area contributed by atoms with Gasteiger partial charge >= 0.3 is 0 Å². The fourth-order valence-electron chi connectivity index (χ4n) is 1.80. The molecule has 2 heteroatoms. The van der Waals surface area contributed by atoms with Crippen molar-refractivity contribution in [2.45, 2.75) is 19.8 Å². The van der Waals surface area contributed by atoms with Crippen LogP contribution >= 0.6 is 0 Å². The molecule has 1 aromatic carbocycles. The van der Waals surface area contributed by atoms with Crippen LogP contribution in [0.4, 0.5) is 5.69 Å². The molecule has 68 valence electrons. The summed E-state index contributed by atoms with van der Waals surface area (Å²) < 4.78 is 0. The Bertz CT molecular complexity index is 342. The van der Waals surface area contributed by atoms with E-state index >= 15 is 0 Å². The summed E-state index contributed by atoms with van der Waals surface area (Å²) in [6, 6.07) is 6.28. The van der Waals surface area contributed by atoms with Gasteiger partial charge in [0.2, 0.25) is 0 Å². The maximum absolute atomic E-state index is 7.68. The second-order valence-corrected chi connectivity index (χ2v) is 3.38. The van der Waals surface area contributed by atoms with Crippen molar-refractivity contribution in [1.29, 1.82) is 5.41 Å². The van der Waals surface area contributed by atoms with Gasteiger partial charge in [0.05, 0.1) is 0 Å². The van der Waals surface area contributed by atoms with Gasteiger partial charge in [0.25, 0.3) is 0 Å². The first kappa shape index (κ1) is 8.30. The zero-order chi connectivity index (χ0) is 9.26. The highest BCUT2D eigenvalue weighted by Gasteiger charge is 2.15. The van der Waals surface area contributed by atoms with Crippen molar-refractivity contribution in [1.82, 2.24) is 0 Å². The predicted molar refractivity (Wildman–Crippen MR) is 55.8 cm³/mol. The van der Waals surface area contributed by atoms with E-state index in [1.165, 1.54) is 11.3 Å². The molecule has 0 unspecified atom stereocenters. The molecule has 0 bridgehead atoms. The van der Waals surface area contributed by atoms with Gasteiger partial charge in [-0.25, -0.2) is 0 Å². The third-order valence-corrected chi connectivity index (χ3v) is 2.46. The third kappa shape index (κ3) is 1.44. The summed E-state index contributed by atoms with van der Waals surface area (Å²) in [6.45, 7) is 3.05. The Kier molecular flexibility index (Phi) is 2.05. The molecular weight excluding hydrogens is 160 g/mol. The third-order valence-electron chi connectivity index (χ3n) is 2.46. The molecule has 0 radical (unpaired) electrons. The van der Waals surface area contributed by atoms with Gasteiger partial charge in [-0.2, -0.15) is 0 Å². The smallest absolute Gasteiger partial charge is 0.0392 e. The lowest BCUT2D eigenvalue weighted by molar-refractivity contribution is 1.09. The minimum absolute atomic E-state index is 0.790. The zero-order valence-electron chi connectivity index (χ0n) is 7.85. The maximum Gasteiger partial charge on any atom is 0.0392 e. The Balaban J connectivity index is 2.34. The molecule has 0 heterocycles. The Morgan fingerprint density at radius 1 is 1.38 bits per heavy atom. The van der Waals surface area contributed by atoms with Crippen molar-refractivity contribution in [3.63, 3.8) is 0 Å². The zero-order valence-corrected chi connectivity index (χ0v) is 7.85. The van der Waals surface area contributed by atoms with Gasteiger partial charge in [-0.05, 0) is 43.0 Å². The summed E-state index contributed by atoms with van der Waals surface area (Å²) in [5.41, 5.74) is 4.43. The molecule has 0 saturated heterocycles. The van der Waals surface area contributed by atoms with Gasteiger partial charge in [0.1, 0.15) is 0 Å². The first-order valence-corrected chi connectivity index (χ1v) is 4.76. The largest absolute Gasteiger partial charge is 0.385 e. The molecule has 0 fully saturated rings. The van der Waals surface area contributed by atoms with E-state index < -0.39 is 0 Å². The Hall–Kier alpha value is -1.31. The van der Waals surface area contributed by atoms with Gasteiger partial charge in [-0.1, -0.05) is 6.07 Å². The Morgan fingerprint density at radius 2 is 2.23 bits per heavy atom. The van der Waals surface area contributed by atoms with Crippen molar-refractivity contribution in [2.24, 2.45) is 0 Å². The second kappa shape index (κ2) is 3.21. The van der Waals surface area contributed by atoms with Crippen LogP contribution in [0.3, 0.4) is 0 Å². The van der Waals surface area contributed by atoms with Gasteiger partial charge in [0, 0.05) is 17.9 Å². The molecule has 2 rings (SSSR count). The van der Waals surface area contributed by atoms with Crippen molar-refractivity contribution in [3.05, 3.63) is 29.3 Å². The molecule has 2 N–H and O–H groups in total. The number of benzene rings is 1. The van der Waals surface area contributed by atoms with Crippen LogP contribution < -0.4 is 5.32 Å². The van der Waals surface area contributed by atoms with E-state index in [1.807, 2.05) is 0 Å². The van der Waals surface area contributed by atoms with E-state index in [1.54, 1.807) is 0 Å². The van der Waals surface area contributed by atoms with E-state index in [9.17, 15) is 0 Å². The lowest BCUT2D eigenvalue weighted by atomic mass is 10.1.